The largest absolute Gasteiger partial charge is 0.466 e. The van der Waals surface area contributed by atoms with Crippen molar-refractivity contribution in [2.24, 2.45) is 17.8 Å². The van der Waals surface area contributed by atoms with Gasteiger partial charge >= 0.3 is 11.9 Å². The van der Waals surface area contributed by atoms with Gasteiger partial charge in [0.25, 0.3) is 0 Å². The maximum Gasteiger partial charge on any atom is 0.308 e. The molecule has 1 atom stereocenters. The number of rotatable bonds is 22. The molecule has 190 valence electrons. The van der Waals surface area contributed by atoms with Gasteiger partial charge in [-0.1, -0.05) is 105 Å². The monoisotopic (exact) mass is 454 g/mol. The van der Waals surface area contributed by atoms with E-state index < -0.39 is 0 Å². The van der Waals surface area contributed by atoms with E-state index in [9.17, 15) is 9.59 Å². The van der Waals surface area contributed by atoms with E-state index in [-0.39, 0.29) is 17.9 Å². The first-order valence-electron chi connectivity index (χ1n) is 13.6. The van der Waals surface area contributed by atoms with Crippen molar-refractivity contribution in [1.82, 2.24) is 0 Å². The molecule has 0 fully saturated rings. The van der Waals surface area contributed by atoms with Crippen LogP contribution in [0.5, 0.6) is 0 Å². The minimum atomic E-state index is -0.0262. The highest BCUT2D eigenvalue weighted by Gasteiger charge is 2.13. The summed E-state index contributed by atoms with van der Waals surface area (Å²) in [5.74, 6) is 1.17. The molecule has 0 radical (unpaired) electrons. The summed E-state index contributed by atoms with van der Waals surface area (Å²) in [4.78, 5) is 23.5. The molecule has 1 unspecified atom stereocenters. The smallest absolute Gasteiger partial charge is 0.308 e. The van der Waals surface area contributed by atoms with E-state index >= 15 is 0 Å². The van der Waals surface area contributed by atoms with Crippen LogP contribution in [-0.2, 0) is 19.1 Å². The van der Waals surface area contributed by atoms with E-state index in [4.69, 9.17) is 9.47 Å². The number of unbranched alkanes of at least 4 members (excludes halogenated alkanes) is 11. The second-order valence-electron chi connectivity index (χ2n) is 10.4. The highest BCUT2D eigenvalue weighted by Crippen LogP contribution is 2.16. The molecule has 0 aromatic heterocycles. The lowest BCUT2D eigenvalue weighted by Gasteiger charge is -2.12. The van der Waals surface area contributed by atoms with E-state index in [1.54, 1.807) is 0 Å². The maximum atomic E-state index is 11.9. The Bertz CT molecular complexity index is 445. The molecule has 0 saturated carbocycles. The van der Waals surface area contributed by atoms with Crippen molar-refractivity contribution < 1.29 is 19.1 Å². The van der Waals surface area contributed by atoms with Crippen molar-refractivity contribution in [3.63, 3.8) is 0 Å². The first-order valence-corrected chi connectivity index (χ1v) is 13.6. The van der Waals surface area contributed by atoms with Crippen LogP contribution >= 0.6 is 0 Å². The van der Waals surface area contributed by atoms with Crippen molar-refractivity contribution in [2.45, 2.75) is 137 Å². The molecule has 4 heteroatoms. The van der Waals surface area contributed by atoms with Crippen LogP contribution in [0.1, 0.15) is 137 Å². The van der Waals surface area contributed by atoms with E-state index in [0.717, 1.165) is 38.5 Å². The second kappa shape index (κ2) is 21.8. The van der Waals surface area contributed by atoms with Gasteiger partial charge in [-0.05, 0) is 37.5 Å². The molecule has 0 aliphatic carbocycles. The Kier molecular flexibility index (Phi) is 21.0. The molecule has 0 spiro atoms. The molecule has 0 saturated heterocycles. The van der Waals surface area contributed by atoms with Crippen LogP contribution in [0.4, 0.5) is 0 Å². The van der Waals surface area contributed by atoms with E-state index in [1.807, 2.05) is 6.92 Å². The minimum absolute atomic E-state index is 0.0211. The molecule has 0 rings (SSSR count). The quantitative estimate of drug-likeness (QED) is 0.122. The Morgan fingerprint density at radius 3 is 1.41 bits per heavy atom. The van der Waals surface area contributed by atoms with Gasteiger partial charge in [-0.25, -0.2) is 0 Å². The highest BCUT2D eigenvalue weighted by atomic mass is 16.5. The van der Waals surface area contributed by atoms with Gasteiger partial charge in [0.15, 0.2) is 0 Å². The predicted octanol–water partition coefficient (Wildman–Crippen LogP) is 8.26. The van der Waals surface area contributed by atoms with Crippen LogP contribution in [0.2, 0.25) is 0 Å². The molecule has 0 aliphatic heterocycles. The number of esters is 2. The number of hydrogen-bond donors (Lipinski definition) is 0. The molecule has 0 aromatic rings. The van der Waals surface area contributed by atoms with Crippen LogP contribution in [0.15, 0.2) is 0 Å². The van der Waals surface area contributed by atoms with E-state index in [2.05, 4.69) is 27.7 Å². The van der Waals surface area contributed by atoms with Gasteiger partial charge in [0.1, 0.15) is 0 Å². The molecule has 0 aliphatic rings. The number of ether oxygens (including phenoxy) is 2. The third kappa shape index (κ3) is 22.1. The molecule has 4 nitrogen and oxygen atoms in total. The van der Waals surface area contributed by atoms with Crippen LogP contribution in [0.3, 0.4) is 0 Å². The van der Waals surface area contributed by atoms with E-state index in [1.165, 1.54) is 57.8 Å². The zero-order valence-corrected chi connectivity index (χ0v) is 22.1. The predicted molar refractivity (Wildman–Crippen MR) is 135 cm³/mol. The molecule has 0 amide bonds. The summed E-state index contributed by atoms with van der Waals surface area (Å²) >= 11 is 0. The van der Waals surface area contributed by atoms with Crippen LogP contribution in [-0.4, -0.2) is 25.2 Å². The Morgan fingerprint density at radius 2 is 0.938 bits per heavy atom. The van der Waals surface area contributed by atoms with Gasteiger partial charge in [0.05, 0.1) is 19.1 Å². The topological polar surface area (TPSA) is 52.6 Å². The minimum Gasteiger partial charge on any atom is -0.466 e. The normalized spacial score (nSPS) is 12.3. The number of carbonyl (C=O) groups is 2. The lowest BCUT2D eigenvalue weighted by Crippen LogP contribution is -2.16. The molecule has 0 bridgehead atoms. The summed E-state index contributed by atoms with van der Waals surface area (Å²) in [5.41, 5.74) is 0. The zero-order valence-electron chi connectivity index (χ0n) is 22.1. The zero-order chi connectivity index (χ0) is 24.0. The Labute approximate surface area is 199 Å². The van der Waals surface area contributed by atoms with E-state index in [0.29, 0.717) is 31.5 Å². The fraction of sp³-hybridized carbons (Fsp3) is 0.929. The summed E-state index contributed by atoms with van der Waals surface area (Å²) < 4.78 is 10.6. The molecular weight excluding hydrogens is 400 g/mol. The fourth-order valence-electron chi connectivity index (χ4n) is 3.62. The Hall–Kier alpha value is -1.06. The van der Waals surface area contributed by atoms with Gasteiger partial charge in [0, 0.05) is 6.42 Å². The highest BCUT2D eigenvalue weighted by molar-refractivity contribution is 5.71. The van der Waals surface area contributed by atoms with Crippen molar-refractivity contribution >= 4 is 11.9 Å². The van der Waals surface area contributed by atoms with Gasteiger partial charge < -0.3 is 9.47 Å². The summed E-state index contributed by atoms with van der Waals surface area (Å²) in [6.45, 7) is 11.7. The average molecular weight is 455 g/mol. The summed E-state index contributed by atoms with van der Waals surface area (Å²) in [5, 5.41) is 0. The molecule has 0 aromatic carbocycles. The van der Waals surface area contributed by atoms with Crippen LogP contribution in [0.25, 0.3) is 0 Å². The van der Waals surface area contributed by atoms with Crippen molar-refractivity contribution in [3.8, 4) is 0 Å². The fourth-order valence-corrected chi connectivity index (χ4v) is 3.62. The number of hydrogen-bond acceptors (Lipinski definition) is 4. The molecular formula is C28H54O4. The van der Waals surface area contributed by atoms with Crippen molar-refractivity contribution in [3.05, 3.63) is 0 Å². The molecule has 0 heterocycles. The Morgan fingerprint density at radius 1 is 0.531 bits per heavy atom. The summed E-state index contributed by atoms with van der Waals surface area (Å²) in [6.07, 6.45) is 18.3. The Balaban J connectivity index is 3.31. The third-order valence-corrected chi connectivity index (χ3v) is 6.07. The van der Waals surface area contributed by atoms with Gasteiger partial charge in [-0.2, -0.15) is 0 Å². The lowest BCUT2D eigenvalue weighted by molar-refractivity contribution is -0.148. The maximum absolute atomic E-state index is 11.9. The third-order valence-electron chi connectivity index (χ3n) is 6.07. The lowest BCUT2D eigenvalue weighted by atomic mass is 10.0. The van der Waals surface area contributed by atoms with Crippen molar-refractivity contribution in [1.29, 1.82) is 0 Å². The van der Waals surface area contributed by atoms with Crippen molar-refractivity contribution in [2.75, 3.05) is 13.2 Å². The summed E-state index contributed by atoms with van der Waals surface area (Å²) in [6, 6.07) is 0. The first kappa shape index (κ1) is 30.9. The first-order chi connectivity index (χ1) is 15.3. The SMILES string of the molecule is CC(C)CCOC(=O)CCCCCCCCCCCCCCC(C)C(=O)OCCC(C)C. The van der Waals surface area contributed by atoms with Gasteiger partial charge in [0.2, 0.25) is 0 Å². The van der Waals surface area contributed by atoms with Gasteiger partial charge in [-0.3, -0.25) is 9.59 Å². The molecule has 32 heavy (non-hydrogen) atoms. The van der Waals surface area contributed by atoms with Crippen LogP contribution < -0.4 is 0 Å². The standard InChI is InChI=1S/C28H54O4/c1-24(2)20-22-31-27(29)19-17-15-13-11-9-7-6-8-10-12-14-16-18-26(5)28(30)32-23-21-25(3)4/h24-26H,6-23H2,1-5H3. The second-order valence-corrected chi connectivity index (χ2v) is 10.4. The van der Waals surface area contributed by atoms with Gasteiger partial charge in [-0.15, -0.1) is 0 Å². The summed E-state index contributed by atoms with van der Waals surface area (Å²) in [7, 11) is 0. The number of carbonyl (C=O) groups excluding carboxylic acids is 2. The van der Waals surface area contributed by atoms with Crippen LogP contribution in [0, 0.1) is 17.8 Å². The average Bonchev–Trinajstić information content (AvgIpc) is 2.73. The molecule has 0 N–H and O–H groups in total.